The summed E-state index contributed by atoms with van der Waals surface area (Å²) in [5.74, 6) is -0.0702. The highest BCUT2D eigenvalue weighted by Crippen LogP contribution is 2.16. The van der Waals surface area contributed by atoms with Crippen molar-refractivity contribution in [3.63, 3.8) is 0 Å². The van der Waals surface area contributed by atoms with Crippen LogP contribution < -0.4 is 5.56 Å². The van der Waals surface area contributed by atoms with Gasteiger partial charge in [0.05, 0.1) is 5.69 Å². The lowest BCUT2D eigenvalue weighted by Gasteiger charge is -2.03. The molecule has 1 heterocycles. The van der Waals surface area contributed by atoms with Gasteiger partial charge in [0.15, 0.2) is 0 Å². The Labute approximate surface area is 95.9 Å². The summed E-state index contributed by atoms with van der Waals surface area (Å²) in [5, 5.41) is 0.0557. The van der Waals surface area contributed by atoms with E-state index >= 15 is 0 Å². The second-order valence-corrected chi connectivity index (χ2v) is 3.70. The van der Waals surface area contributed by atoms with Crippen molar-refractivity contribution in [1.82, 2.24) is 9.97 Å². The summed E-state index contributed by atoms with van der Waals surface area (Å²) in [6.45, 7) is 1.63. The monoisotopic (exact) mass is 238 g/mol. The van der Waals surface area contributed by atoms with Crippen LogP contribution in [0.1, 0.15) is 5.69 Å². The maximum Gasteiger partial charge on any atom is 0.270 e. The van der Waals surface area contributed by atoms with E-state index < -0.39 is 5.56 Å². The summed E-state index contributed by atoms with van der Waals surface area (Å²) in [7, 11) is 0. The molecule has 0 saturated heterocycles. The molecule has 0 unspecified atom stereocenters. The molecule has 0 aliphatic rings. The zero-order valence-corrected chi connectivity index (χ0v) is 9.18. The van der Waals surface area contributed by atoms with Crippen molar-refractivity contribution in [1.29, 1.82) is 0 Å². The van der Waals surface area contributed by atoms with Gasteiger partial charge < -0.3 is 4.98 Å². The Kier molecular flexibility index (Phi) is 2.75. The fourth-order valence-corrected chi connectivity index (χ4v) is 1.43. The van der Waals surface area contributed by atoms with Gasteiger partial charge in [-0.2, -0.15) is 0 Å². The molecule has 0 saturated carbocycles. The average Bonchev–Trinajstić information content (AvgIpc) is 2.25. The number of rotatable bonds is 1. The minimum Gasteiger partial charge on any atom is -0.305 e. The molecule has 0 fully saturated rings. The first kappa shape index (κ1) is 10.8. The Morgan fingerprint density at radius 3 is 2.81 bits per heavy atom. The van der Waals surface area contributed by atoms with E-state index in [1.807, 2.05) is 0 Å². The molecule has 0 radical (unpaired) electrons. The van der Waals surface area contributed by atoms with E-state index in [0.29, 0.717) is 17.1 Å². The van der Waals surface area contributed by atoms with Gasteiger partial charge in [0, 0.05) is 5.56 Å². The van der Waals surface area contributed by atoms with Crippen molar-refractivity contribution in [3.8, 4) is 11.4 Å². The lowest BCUT2D eigenvalue weighted by atomic mass is 10.2. The SMILES string of the molecule is Cc1nc(-c2cccc(F)c2)[nH]c(=O)c1Cl. The summed E-state index contributed by atoms with van der Waals surface area (Å²) in [4.78, 5) is 18.0. The number of hydrogen-bond acceptors (Lipinski definition) is 2. The third kappa shape index (κ3) is 1.97. The number of H-pyrrole nitrogens is 1. The number of aromatic amines is 1. The smallest absolute Gasteiger partial charge is 0.270 e. The minimum atomic E-state index is -0.423. The van der Waals surface area contributed by atoms with E-state index in [1.54, 1.807) is 19.1 Å². The zero-order valence-electron chi connectivity index (χ0n) is 8.42. The number of aryl methyl sites for hydroxylation is 1. The Hall–Kier alpha value is -1.68. The molecule has 82 valence electrons. The third-order valence-corrected chi connectivity index (χ3v) is 2.57. The van der Waals surface area contributed by atoms with E-state index in [9.17, 15) is 9.18 Å². The molecule has 1 aromatic heterocycles. The first-order chi connectivity index (χ1) is 7.58. The Balaban J connectivity index is 2.61. The summed E-state index contributed by atoms with van der Waals surface area (Å²) >= 11 is 5.69. The van der Waals surface area contributed by atoms with Gasteiger partial charge in [-0.1, -0.05) is 23.7 Å². The van der Waals surface area contributed by atoms with E-state index in [0.717, 1.165) is 0 Å². The molecule has 1 N–H and O–H groups in total. The number of benzene rings is 1. The maximum absolute atomic E-state index is 13.0. The zero-order chi connectivity index (χ0) is 11.7. The van der Waals surface area contributed by atoms with Crippen LogP contribution >= 0.6 is 11.6 Å². The highest BCUT2D eigenvalue weighted by atomic mass is 35.5. The summed E-state index contributed by atoms with van der Waals surface area (Å²) < 4.78 is 13.0. The van der Waals surface area contributed by atoms with Crippen LogP contribution in [0.5, 0.6) is 0 Å². The second kappa shape index (κ2) is 4.06. The van der Waals surface area contributed by atoms with Gasteiger partial charge in [-0.3, -0.25) is 4.79 Å². The first-order valence-electron chi connectivity index (χ1n) is 4.60. The molecule has 16 heavy (non-hydrogen) atoms. The molecule has 0 spiro atoms. The first-order valence-corrected chi connectivity index (χ1v) is 4.98. The Morgan fingerprint density at radius 1 is 1.44 bits per heavy atom. The normalized spacial score (nSPS) is 10.4. The summed E-state index contributed by atoms with van der Waals surface area (Å²) in [5.41, 5.74) is 0.509. The van der Waals surface area contributed by atoms with Gasteiger partial charge >= 0.3 is 0 Å². The van der Waals surface area contributed by atoms with E-state index in [-0.39, 0.29) is 10.8 Å². The molecule has 2 aromatic rings. The average molecular weight is 239 g/mol. The van der Waals surface area contributed by atoms with Gasteiger partial charge in [-0.25, -0.2) is 9.37 Å². The predicted octanol–water partition coefficient (Wildman–Crippen LogP) is 2.54. The van der Waals surface area contributed by atoms with Crippen molar-refractivity contribution in [2.45, 2.75) is 6.92 Å². The molecular weight excluding hydrogens is 231 g/mol. The largest absolute Gasteiger partial charge is 0.305 e. The van der Waals surface area contributed by atoms with Crippen LogP contribution in [0.15, 0.2) is 29.1 Å². The standard InChI is InChI=1S/C11H8ClFN2O/c1-6-9(12)11(16)15-10(14-6)7-3-2-4-8(13)5-7/h2-5H,1H3,(H,14,15,16). The molecule has 0 bridgehead atoms. The van der Waals surface area contributed by atoms with Crippen molar-refractivity contribution >= 4 is 11.6 Å². The summed E-state index contributed by atoms with van der Waals surface area (Å²) in [6, 6.07) is 5.83. The molecule has 5 heteroatoms. The number of halogens is 2. The highest BCUT2D eigenvalue weighted by molar-refractivity contribution is 6.30. The van der Waals surface area contributed by atoms with Crippen LogP contribution in [0, 0.1) is 12.7 Å². The van der Waals surface area contributed by atoms with Gasteiger partial charge in [-0.05, 0) is 19.1 Å². The lowest BCUT2D eigenvalue weighted by molar-refractivity contribution is 0.628. The molecule has 1 aromatic carbocycles. The maximum atomic E-state index is 13.0. The number of nitrogens with zero attached hydrogens (tertiary/aromatic N) is 1. The fourth-order valence-electron chi connectivity index (χ4n) is 1.34. The van der Waals surface area contributed by atoms with Gasteiger partial charge in [-0.15, -0.1) is 0 Å². The van der Waals surface area contributed by atoms with Crippen LogP contribution in [-0.4, -0.2) is 9.97 Å². The molecule has 0 aliphatic carbocycles. The highest BCUT2D eigenvalue weighted by Gasteiger charge is 2.07. The molecule has 0 aliphatic heterocycles. The second-order valence-electron chi connectivity index (χ2n) is 3.32. The number of aromatic nitrogens is 2. The van der Waals surface area contributed by atoms with E-state index in [4.69, 9.17) is 11.6 Å². The molecule has 2 rings (SSSR count). The molecule has 0 atom stereocenters. The fraction of sp³-hybridized carbons (Fsp3) is 0.0909. The Morgan fingerprint density at radius 2 is 2.19 bits per heavy atom. The molecular formula is C11H8ClFN2O. The van der Waals surface area contributed by atoms with Crippen LogP contribution in [0.4, 0.5) is 4.39 Å². The van der Waals surface area contributed by atoms with Crippen molar-refractivity contribution < 1.29 is 4.39 Å². The van der Waals surface area contributed by atoms with Gasteiger partial charge in [0.25, 0.3) is 5.56 Å². The minimum absolute atomic E-state index is 0.0557. The van der Waals surface area contributed by atoms with Gasteiger partial charge in [0.1, 0.15) is 16.7 Å². The molecule has 3 nitrogen and oxygen atoms in total. The van der Waals surface area contributed by atoms with Crippen molar-refractivity contribution in [3.05, 3.63) is 51.2 Å². The van der Waals surface area contributed by atoms with Crippen LogP contribution in [-0.2, 0) is 0 Å². The quantitative estimate of drug-likeness (QED) is 0.830. The molecule has 0 amide bonds. The third-order valence-electron chi connectivity index (χ3n) is 2.13. The van der Waals surface area contributed by atoms with Crippen LogP contribution in [0.25, 0.3) is 11.4 Å². The van der Waals surface area contributed by atoms with Crippen LogP contribution in [0.2, 0.25) is 5.02 Å². The number of hydrogen-bond donors (Lipinski definition) is 1. The Bertz CT molecular complexity index is 595. The van der Waals surface area contributed by atoms with Crippen LogP contribution in [0.3, 0.4) is 0 Å². The predicted molar refractivity (Wildman–Crippen MR) is 60.0 cm³/mol. The number of nitrogens with one attached hydrogen (secondary N) is 1. The van der Waals surface area contributed by atoms with E-state index in [2.05, 4.69) is 9.97 Å². The van der Waals surface area contributed by atoms with Crippen molar-refractivity contribution in [2.75, 3.05) is 0 Å². The lowest BCUT2D eigenvalue weighted by Crippen LogP contribution is -2.11. The van der Waals surface area contributed by atoms with E-state index in [1.165, 1.54) is 12.1 Å². The summed E-state index contributed by atoms with van der Waals surface area (Å²) in [6.07, 6.45) is 0. The van der Waals surface area contributed by atoms with Gasteiger partial charge in [0.2, 0.25) is 0 Å². The topological polar surface area (TPSA) is 45.8 Å². The van der Waals surface area contributed by atoms with Crippen molar-refractivity contribution in [2.24, 2.45) is 0 Å².